The number of thiazole rings is 1. The Hall–Kier alpha value is -2.11. The molecule has 0 aliphatic rings. The molecule has 1 N–H and O–H groups in total. The zero-order chi connectivity index (χ0) is 16.8. The summed E-state index contributed by atoms with van der Waals surface area (Å²) in [5.41, 5.74) is 2.91. The van der Waals surface area contributed by atoms with E-state index in [0.29, 0.717) is 6.42 Å². The van der Waals surface area contributed by atoms with Crippen molar-refractivity contribution in [2.75, 3.05) is 11.6 Å². The lowest BCUT2D eigenvalue weighted by molar-refractivity contribution is -0.115. The minimum Gasteiger partial charge on any atom is -0.325 e. The second kappa shape index (κ2) is 8.13. The quantitative estimate of drug-likeness (QED) is 0.656. The molecule has 1 heterocycles. The molecule has 122 valence electrons. The number of hydrogen-bond donors (Lipinski definition) is 1. The van der Waals surface area contributed by atoms with Crippen LogP contribution in [0.1, 0.15) is 16.3 Å². The number of benzene rings is 2. The van der Waals surface area contributed by atoms with Crippen LogP contribution in [-0.2, 0) is 17.6 Å². The minimum atomic E-state index is -0.0342. The molecule has 0 aliphatic carbocycles. The number of nitrogens with one attached hydrogen (secondary N) is 1. The Bertz CT molecular complexity index is 815. The Morgan fingerprint density at radius 3 is 2.67 bits per heavy atom. The molecule has 0 saturated heterocycles. The van der Waals surface area contributed by atoms with Crippen LogP contribution in [0.3, 0.4) is 0 Å². The van der Waals surface area contributed by atoms with Gasteiger partial charge in [0.2, 0.25) is 5.91 Å². The Balaban J connectivity index is 1.61. The summed E-state index contributed by atoms with van der Waals surface area (Å²) < 4.78 is 0. The number of carbonyl (C=O) groups excluding carboxylic acids is 1. The van der Waals surface area contributed by atoms with Crippen LogP contribution in [0.4, 0.5) is 5.69 Å². The number of nitrogens with zero attached hydrogens (tertiary/aromatic N) is 1. The molecule has 3 aromatic rings. The van der Waals surface area contributed by atoms with Gasteiger partial charge < -0.3 is 5.32 Å². The first kappa shape index (κ1) is 16.7. The van der Waals surface area contributed by atoms with E-state index in [0.717, 1.165) is 27.7 Å². The van der Waals surface area contributed by atoms with E-state index in [1.165, 1.54) is 5.56 Å². The van der Waals surface area contributed by atoms with E-state index in [4.69, 9.17) is 0 Å². The highest BCUT2D eigenvalue weighted by Gasteiger charge is 2.10. The fraction of sp³-hybridized carbons (Fsp3) is 0.158. The monoisotopic (exact) mass is 354 g/mol. The van der Waals surface area contributed by atoms with Crippen LogP contribution in [0, 0.1) is 0 Å². The third-order valence-corrected chi connectivity index (χ3v) is 5.21. The van der Waals surface area contributed by atoms with Crippen LogP contribution in [0.5, 0.6) is 0 Å². The third kappa shape index (κ3) is 4.46. The summed E-state index contributed by atoms with van der Waals surface area (Å²) in [5.74, 6) is -0.0342. The highest BCUT2D eigenvalue weighted by Crippen LogP contribution is 2.24. The predicted octanol–water partition coefficient (Wildman–Crippen LogP) is 4.64. The van der Waals surface area contributed by atoms with Gasteiger partial charge in [-0.1, -0.05) is 42.5 Å². The van der Waals surface area contributed by atoms with Crippen LogP contribution in [0.25, 0.3) is 0 Å². The van der Waals surface area contributed by atoms with E-state index < -0.39 is 0 Å². The summed E-state index contributed by atoms with van der Waals surface area (Å²) in [7, 11) is 0. The fourth-order valence-corrected chi connectivity index (χ4v) is 3.77. The first-order valence-corrected chi connectivity index (χ1v) is 9.75. The van der Waals surface area contributed by atoms with Gasteiger partial charge in [0.05, 0.1) is 22.8 Å². The van der Waals surface area contributed by atoms with Gasteiger partial charge in [-0.25, -0.2) is 4.98 Å². The maximum Gasteiger partial charge on any atom is 0.230 e. The number of amides is 1. The lowest BCUT2D eigenvalue weighted by Crippen LogP contribution is -2.15. The summed E-state index contributed by atoms with van der Waals surface area (Å²) in [6.45, 7) is 0. The van der Waals surface area contributed by atoms with Crippen LogP contribution in [0.15, 0.2) is 64.9 Å². The topological polar surface area (TPSA) is 42.0 Å². The standard InChI is InChI=1S/C19H18N2OS2/c1-23-17-10-6-5-9-16(17)21-18(22)12-15-13-24-19(20-15)11-14-7-3-2-4-8-14/h2-10,13H,11-12H2,1H3,(H,21,22). The predicted molar refractivity (Wildman–Crippen MR) is 102 cm³/mol. The smallest absolute Gasteiger partial charge is 0.230 e. The largest absolute Gasteiger partial charge is 0.325 e. The molecular formula is C19H18N2OS2. The number of hydrogen-bond acceptors (Lipinski definition) is 4. The van der Waals surface area contributed by atoms with Gasteiger partial charge in [-0.3, -0.25) is 4.79 Å². The van der Waals surface area contributed by atoms with Crippen molar-refractivity contribution in [2.24, 2.45) is 0 Å². The molecule has 24 heavy (non-hydrogen) atoms. The maximum atomic E-state index is 12.3. The van der Waals surface area contributed by atoms with Crippen molar-refractivity contribution in [2.45, 2.75) is 17.7 Å². The van der Waals surface area contributed by atoms with Gasteiger partial charge in [-0.15, -0.1) is 23.1 Å². The molecule has 0 fully saturated rings. The average molecular weight is 355 g/mol. The normalized spacial score (nSPS) is 10.5. The number of carbonyl (C=O) groups is 1. The molecule has 0 radical (unpaired) electrons. The van der Waals surface area contributed by atoms with Crippen molar-refractivity contribution in [3.8, 4) is 0 Å². The molecule has 0 bridgehead atoms. The summed E-state index contributed by atoms with van der Waals surface area (Å²) in [5, 5.41) is 5.98. The summed E-state index contributed by atoms with van der Waals surface area (Å²) >= 11 is 3.23. The van der Waals surface area contributed by atoms with Crippen LogP contribution in [-0.4, -0.2) is 17.1 Å². The first-order valence-electron chi connectivity index (χ1n) is 7.64. The van der Waals surface area contributed by atoms with Crippen LogP contribution in [0.2, 0.25) is 0 Å². The molecule has 0 saturated carbocycles. The van der Waals surface area contributed by atoms with Crippen molar-refractivity contribution in [3.05, 3.63) is 76.2 Å². The average Bonchev–Trinajstić information content (AvgIpc) is 3.03. The number of rotatable bonds is 6. The second-order valence-corrected chi connectivity index (χ2v) is 7.11. The van der Waals surface area contributed by atoms with Gasteiger partial charge in [0, 0.05) is 16.7 Å². The SMILES string of the molecule is CSc1ccccc1NC(=O)Cc1csc(Cc2ccccc2)n1. The van der Waals surface area contributed by atoms with Gasteiger partial charge in [0.25, 0.3) is 0 Å². The van der Waals surface area contributed by atoms with Crippen LogP contribution >= 0.6 is 23.1 Å². The van der Waals surface area contributed by atoms with E-state index >= 15 is 0 Å². The van der Waals surface area contributed by atoms with Crippen molar-refractivity contribution in [1.29, 1.82) is 0 Å². The minimum absolute atomic E-state index is 0.0342. The van der Waals surface area contributed by atoms with Crippen LogP contribution < -0.4 is 5.32 Å². The van der Waals surface area contributed by atoms with Gasteiger partial charge >= 0.3 is 0 Å². The van der Waals surface area contributed by atoms with E-state index in [-0.39, 0.29) is 5.91 Å². The Kier molecular flexibility index (Phi) is 5.67. The molecule has 3 rings (SSSR count). The highest BCUT2D eigenvalue weighted by atomic mass is 32.2. The van der Waals surface area contributed by atoms with Gasteiger partial charge in [0.15, 0.2) is 0 Å². The van der Waals surface area contributed by atoms with Gasteiger partial charge in [-0.2, -0.15) is 0 Å². The first-order chi connectivity index (χ1) is 11.7. The van der Waals surface area contributed by atoms with E-state index in [1.54, 1.807) is 23.1 Å². The zero-order valence-corrected chi connectivity index (χ0v) is 15.0. The Labute approximate surface area is 150 Å². The highest BCUT2D eigenvalue weighted by molar-refractivity contribution is 7.98. The summed E-state index contributed by atoms with van der Waals surface area (Å²) in [6, 6.07) is 18.1. The second-order valence-electron chi connectivity index (χ2n) is 5.32. The fourth-order valence-electron chi connectivity index (χ4n) is 2.39. The lowest BCUT2D eigenvalue weighted by atomic mass is 10.2. The summed E-state index contributed by atoms with van der Waals surface area (Å²) in [6.07, 6.45) is 3.11. The lowest BCUT2D eigenvalue weighted by Gasteiger charge is -2.08. The molecule has 0 spiro atoms. The number of para-hydroxylation sites is 1. The zero-order valence-electron chi connectivity index (χ0n) is 13.4. The molecule has 1 aromatic heterocycles. The van der Waals surface area contributed by atoms with E-state index in [9.17, 15) is 4.79 Å². The molecule has 0 aliphatic heterocycles. The Morgan fingerprint density at radius 1 is 1.12 bits per heavy atom. The summed E-state index contributed by atoms with van der Waals surface area (Å²) in [4.78, 5) is 17.9. The van der Waals surface area contributed by atoms with Gasteiger partial charge in [0.1, 0.15) is 0 Å². The molecular weight excluding hydrogens is 336 g/mol. The molecule has 1 amide bonds. The number of anilines is 1. The maximum absolute atomic E-state index is 12.3. The van der Waals surface area contributed by atoms with Crippen molar-refractivity contribution < 1.29 is 4.79 Å². The van der Waals surface area contributed by atoms with E-state index in [2.05, 4.69) is 22.4 Å². The van der Waals surface area contributed by atoms with Gasteiger partial charge in [-0.05, 0) is 24.0 Å². The van der Waals surface area contributed by atoms with E-state index in [1.807, 2.05) is 54.1 Å². The molecule has 2 aromatic carbocycles. The third-order valence-electron chi connectivity index (χ3n) is 3.52. The Morgan fingerprint density at radius 2 is 1.88 bits per heavy atom. The number of thioether (sulfide) groups is 1. The molecule has 5 heteroatoms. The molecule has 3 nitrogen and oxygen atoms in total. The van der Waals surface area contributed by atoms with Crippen molar-refractivity contribution >= 4 is 34.7 Å². The molecule has 0 unspecified atom stereocenters. The number of aromatic nitrogens is 1. The molecule has 0 atom stereocenters. The van der Waals surface area contributed by atoms with Crippen molar-refractivity contribution in [3.63, 3.8) is 0 Å². The van der Waals surface area contributed by atoms with Crippen molar-refractivity contribution in [1.82, 2.24) is 4.98 Å².